The van der Waals surface area contributed by atoms with Gasteiger partial charge in [0.15, 0.2) is 0 Å². The summed E-state index contributed by atoms with van der Waals surface area (Å²) < 4.78 is 17.6. The minimum atomic E-state index is -0.843. The van der Waals surface area contributed by atoms with Crippen molar-refractivity contribution in [1.82, 2.24) is 0 Å². The first-order valence-electron chi connectivity index (χ1n) is 11.2. The Morgan fingerprint density at radius 3 is 2.00 bits per heavy atom. The molecule has 0 aromatic rings. The van der Waals surface area contributed by atoms with Gasteiger partial charge in [-0.25, -0.2) is 0 Å². The summed E-state index contributed by atoms with van der Waals surface area (Å²) in [7, 11) is 0. The monoisotopic (exact) mass is 414 g/mol. The van der Waals surface area contributed by atoms with Crippen molar-refractivity contribution >= 4 is 11.9 Å². The third-order valence-electron chi connectivity index (χ3n) is 6.43. The van der Waals surface area contributed by atoms with Crippen molar-refractivity contribution < 1.29 is 34.0 Å². The highest BCUT2D eigenvalue weighted by atomic mass is 16.6. The van der Waals surface area contributed by atoms with Crippen molar-refractivity contribution in [3.8, 4) is 0 Å². The van der Waals surface area contributed by atoms with Crippen LogP contribution in [0.4, 0.5) is 0 Å². The third kappa shape index (κ3) is 6.93. The van der Waals surface area contributed by atoms with E-state index in [1.54, 1.807) is 6.92 Å². The lowest BCUT2D eigenvalue weighted by Crippen LogP contribution is -2.33. The molecule has 8 atom stereocenters. The van der Waals surface area contributed by atoms with Crippen LogP contribution in [-0.2, 0) is 23.8 Å². The molecule has 0 aromatic carbocycles. The first-order chi connectivity index (χ1) is 13.7. The first-order valence-corrected chi connectivity index (χ1v) is 11.2. The maximum absolute atomic E-state index is 12.6. The summed E-state index contributed by atoms with van der Waals surface area (Å²) in [4.78, 5) is 23.8. The predicted octanol–water partition coefficient (Wildman–Crippen LogP) is 3.31. The molecule has 7 heteroatoms. The molecule has 0 bridgehead atoms. The molecule has 0 aliphatic carbocycles. The summed E-state index contributed by atoms with van der Waals surface area (Å²) in [5.74, 6) is -1.98. The van der Waals surface area contributed by atoms with E-state index in [9.17, 15) is 14.7 Å². The number of aliphatic hydroxyl groups excluding tert-OH is 1. The molecule has 0 aromatic heterocycles. The highest BCUT2D eigenvalue weighted by Gasteiger charge is 2.37. The van der Waals surface area contributed by atoms with Crippen LogP contribution in [-0.4, -0.2) is 58.8 Å². The van der Waals surface area contributed by atoms with Crippen LogP contribution in [0, 0.1) is 11.8 Å². The number of carbonyl (C=O) groups is 2. The van der Waals surface area contributed by atoms with Crippen molar-refractivity contribution in [1.29, 1.82) is 0 Å². The van der Waals surface area contributed by atoms with Crippen LogP contribution in [0.5, 0.6) is 0 Å². The van der Waals surface area contributed by atoms with Crippen LogP contribution in [0.25, 0.3) is 0 Å². The van der Waals surface area contributed by atoms with Gasteiger partial charge >= 0.3 is 11.9 Å². The summed E-state index contributed by atoms with van der Waals surface area (Å²) in [5, 5.41) is 19.0. The molecule has 29 heavy (non-hydrogen) atoms. The molecule has 0 unspecified atom stereocenters. The van der Waals surface area contributed by atoms with Gasteiger partial charge in [-0.3, -0.25) is 9.59 Å². The zero-order chi connectivity index (χ0) is 21.6. The maximum atomic E-state index is 12.6. The molecule has 0 saturated carbocycles. The first kappa shape index (κ1) is 24.1. The third-order valence-corrected chi connectivity index (χ3v) is 6.43. The van der Waals surface area contributed by atoms with E-state index < -0.39 is 11.9 Å². The molecule has 0 radical (unpaired) electrons. The molecular weight excluding hydrogens is 376 g/mol. The summed E-state index contributed by atoms with van der Waals surface area (Å²) in [6.07, 6.45) is 4.66. The van der Waals surface area contributed by atoms with Crippen molar-refractivity contribution in [3.63, 3.8) is 0 Å². The summed E-state index contributed by atoms with van der Waals surface area (Å²) in [6.45, 7) is 7.43. The Balaban J connectivity index is 1.78. The molecule has 168 valence electrons. The Hall–Kier alpha value is -1.18. The lowest BCUT2D eigenvalue weighted by atomic mass is 10.00. The summed E-state index contributed by atoms with van der Waals surface area (Å²) >= 11 is 0. The van der Waals surface area contributed by atoms with E-state index >= 15 is 0 Å². The fourth-order valence-corrected chi connectivity index (χ4v) is 4.19. The lowest BCUT2D eigenvalue weighted by molar-refractivity contribution is -0.160. The second-order valence-electron chi connectivity index (χ2n) is 8.66. The van der Waals surface area contributed by atoms with Crippen molar-refractivity contribution in [2.24, 2.45) is 11.8 Å². The second kappa shape index (κ2) is 11.3. The number of aliphatic hydroxyl groups is 1. The number of carboxylic acid groups (broad SMARTS) is 1. The average molecular weight is 415 g/mol. The van der Waals surface area contributed by atoms with Gasteiger partial charge in [-0.2, -0.15) is 0 Å². The van der Waals surface area contributed by atoms with Crippen LogP contribution in [0.1, 0.15) is 79.1 Å². The SMILES string of the molecule is CC[C@@H](O)C[C@H]1CC[C@@H]([C@@H](C)C(=O)O[C@@H](CC)C[C@@H]2CC[C@@H]([C@@H](C)C(=O)O)O2)O1. The predicted molar refractivity (Wildman–Crippen MR) is 107 cm³/mol. The fourth-order valence-electron chi connectivity index (χ4n) is 4.19. The molecular formula is C22H38O7. The Morgan fingerprint density at radius 1 is 0.931 bits per heavy atom. The van der Waals surface area contributed by atoms with Crippen molar-refractivity contribution in [2.75, 3.05) is 0 Å². The number of hydrogen-bond acceptors (Lipinski definition) is 6. The van der Waals surface area contributed by atoms with Crippen LogP contribution in [0.15, 0.2) is 0 Å². The zero-order valence-corrected chi connectivity index (χ0v) is 18.2. The van der Waals surface area contributed by atoms with E-state index in [0.717, 1.165) is 25.7 Å². The Labute approximate surface area is 174 Å². The Kier molecular flexibility index (Phi) is 9.37. The molecule has 2 heterocycles. The van der Waals surface area contributed by atoms with Gasteiger partial charge in [0.05, 0.1) is 42.4 Å². The highest BCUT2D eigenvalue weighted by molar-refractivity contribution is 5.73. The van der Waals surface area contributed by atoms with Gasteiger partial charge in [0.25, 0.3) is 0 Å². The van der Waals surface area contributed by atoms with E-state index in [4.69, 9.17) is 19.3 Å². The standard InChI is InChI=1S/C22H38O7/c1-5-15(23)11-17-7-10-20(27-17)14(4)22(26)29-16(6-2)12-18-8-9-19(28-18)13(3)21(24)25/h13-20,23H,5-12H2,1-4H3,(H,24,25)/t13-,14-,15-,16+,17-,18+,19+,20+/m1/s1. The quantitative estimate of drug-likeness (QED) is 0.500. The number of hydrogen-bond donors (Lipinski definition) is 2. The van der Waals surface area contributed by atoms with Gasteiger partial charge in [-0.1, -0.05) is 13.8 Å². The summed E-state index contributed by atoms with van der Waals surface area (Å²) in [5.41, 5.74) is 0. The number of ether oxygens (including phenoxy) is 3. The van der Waals surface area contributed by atoms with E-state index in [2.05, 4.69) is 0 Å². The number of carboxylic acids is 1. The van der Waals surface area contributed by atoms with Gasteiger partial charge in [-0.15, -0.1) is 0 Å². The van der Waals surface area contributed by atoms with Gasteiger partial charge in [0.2, 0.25) is 0 Å². The topological polar surface area (TPSA) is 102 Å². The van der Waals surface area contributed by atoms with E-state index in [0.29, 0.717) is 25.7 Å². The van der Waals surface area contributed by atoms with Gasteiger partial charge in [-0.05, 0) is 58.8 Å². The normalized spacial score (nSPS) is 31.2. The largest absolute Gasteiger partial charge is 0.481 e. The van der Waals surface area contributed by atoms with Gasteiger partial charge in [0.1, 0.15) is 6.10 Å². The van der Waals surface area contributed by atoms with E-state index in [1.165, 1.54) is 0 Å². The molecule has 2 fully saturated rings. The summed E-state index contributed by atoms with van der Waals surface area (Å²) in [6, 6.07) is 0. The van der Waals surface area contributed by atoms with E-state index in [-0.39, 0.29) is 48.5 Å². The van der Waals surface area contributed by atoms with Crippen LogP contribution < -0.4 is 0 Å². The zero-order valence-electron chi connectivity index (χ0n) is 18.2. The average Bonchev–Trinajstić information content (AvgIpc) is 3.35. The minimum absolute atomic E-state index is 0.00668. The Bertz CT molecular complexity index is 537. The van der Waals surface area contributed by atoms with Crippen LogP contribution >= 0.6 is 0 Å². The van der Waals surface area contributed by atoms with Crippen molar-refractivity contribution in [2.45, 2.75) is 116 Å². The Morgan fingerprint density at radius 2 is 1.48 bits per heavy atom. The maximum Gasteiger partial charge on any atom is 0.311 e. The highest BCUT2D eigenvalue weighted by Crippen LogP contribution is 2.31. The number of carbonyl (C=O) groups excluding carboxylic acids is 1. The molecule has 7 nitrogen and oxygen atoms in total. The molecule has 2 saturated heterocycles. The fraction of sp³-hybridized carbons (Fsp3) is 0.909. The molecule has 0 amide bonds. The van der Waals surface area contributed by atoms with Gasteiger partial charge in [0, 0.05) is 6.42 Å². The van der Waals surface area contributed by atoms with Crippen LogP contribution in [0.2, 0.25) is 0 Å². The molecule has 2 aliphatic heterocycles. The smallest absolute Gasteiger partial charge is 0.311 e. The molecule has 2 N–H and O–H groups in total. The minimum Gasteiger partial charge on any atom is -0.481 e. The molecule has 2 aliphatic rings. The van der Waals surface area contributed by atoms with Crippen LogP contribution in [0.3, 0.4) is 0 Å². The second-order valence-corrected chi connectivity index (χ2v) is 8.66. The number of rotatable bonds is 11. The number of aliphatic carboxylic acids is 1. The van der Waals surface area contributed by atoms with E-state index in [1.807, 2.05) is 20.8 Å². The number of esters is 1. The van der Waals surface area contributed by atoms with Crippen molar-refractivity contribution in [3.05, 3.63) is 0 Å². The molecule has 0 spiro atoms. The molecule has 2 rings (SSSR count). The van der Waals surface area contributed by atoms with Gasteiger partial charge < -0.3 is 24.4 Å². The lowest BCUT2D eigenvalue weighted by Gasteiger charge is -2.25.